The van der Waals surface area contributed by atoms with Crippen LogP contribution in [-0.2, 0) is 12.0 Å². The quantitative estimate of drug-likeness (QED) is 0.875. The van der Waals surface area contributed by atoms with E-state index in [0.717, 1.165) is 29.0 Å². The first-order valence-corrected chi connectivity index (χ1v) is 7.02. The Labute approximate surface area is 120 Å². The number of hydrogen-bond acceptors (Lipinski definition) is 1. The van der Waals surface area contributed by atoms with Crippen molar-refractivity contribution in [3.05, 3.63) is 70.2 Å². The normalized spacial score (nSPS) is 14.1. The van der Waals surface area contributed by atoms with Crippen LogP contribution in [-0.4, -0.2) is 0 Å². The third-order valence-corrected chi connectivity index (χ3v) is 4.05. The molecule has 0 fully saturated rings. The molecule has 0 bridgehead atoms. The Kier molecular flexibility index (Phi) is 4.28. The van der Waals surface area contributed by atoms with Gasteiger partial charge < -0.3 is 5.73 Å². The van der Waals surface area contributed by atoms with Gasteiger partial charge in [-0.3, -0.25) is 0 Å². The van der Waals surface area contributed by atoms with Crippen molar-refractivity contribution in [1.29, 1.82) is 0 Å². The molecule has 2 aromatic rings. The Hall–Kier alpha value is -1.31. The molecule has 0 amide bonds. The maximum atomic E-state index is 6.60. The molecule has 2 rings (SSSR count). The van der Waals surface area contributed by atoms with E-state index in [1.807, 2.05) is 31.2 Å². The van der Waals surface area contributed by atoms with Gasteiger partial charge in [-0.1, -0.05) is 61.0 Å². The summed E-state index contributed by atoms with van der Waals surface area (Å²) in [4.78, 5) is 0. The molecule has 0 aromatic heterocycles. The van der Waals surface area contributed by atoms with E-state index >= 15 is 0 Å². The topological polar surface area (TPSA) is 26.0 Å². The molecule has 0 saturated heterocycles. The Bertz CT molecular complexity index is 550. The van der Waals surface area contributed by atoms with Gasteiger partial charge in [0.25, 0.3) is 0 Å². The first-order chi connectivity index (χ1) is 9.05. The Morgan fingerprint density at radius 1 is 1.11 bits per heavy atom. The Balaban J connectivity index is 2.33. The second kappa shape index (κ2) is 5.77. The molecule has 0 spiro atoms. The molecule has 0 heterocycles. The second-order valence-electron chi connectivity index (χ2n) is 5.15. The number of halogens is 1. The lowest BCUT2D eigenvalue weighted by molar-refractivity contribution is 0.425. The maximum absolute atomic E-state index is 6.60. The van der Waals surface area contributed by atoms with E-state index in [4.69, 9.17) is 17.3 Å². The first kappa shape index (κ1) is 14.1. The number of rotatable bonds is 4. The summed E-state index contributed by atoms with van der Waals surface area (Å²) in [5.74, 6) is 0. The van der Waals surface area contributed by atoms with Crippen LogP contribution in [0.2, 0.25) is 5.02 Å². The summed E-state index contributed by atoms with van der Waals surface area (Å²) in [7, 11) is 0. The molecular weight excluding hydrogens is 254 g/mol. The van der Waals surface area contributed by atoms with Crippen LogP contribution >= 0.6 is 11.6 Å². The van der Waals surface area contributed by atoms with Crippen LogP contribution in [0.5, 0.6) is 0 Å². The molecule has 0 saturated carbocycles. The average molecular weight is 274 g/mol. The van der Waals surface area contributed by atoms with Crippen molar-refractivity contribution in [2.75, 3.05) is 0 Å². The van der Waals surface area contributed by atoms with Crippen LogP contribution in [0, 0.1) is 6.92 Å². The van der Waals surface area contributed by atoms with Crippen LogP contribution in [0.25, 0.3) is 0 Å². The van der Waals surface area contributed by atoms with Crippen molar-refractivity contribution in [3.63, 3.8) is 0 Å². The first-order valence-electron chi connectivity index (χ1n) is 6.64. The van der Waals surface area contributed by atoms with Gasteiger partial charge in [0.15, 0.2) is 0 Å². The molecule has 1 atom stereocenters. The van der Waals surface area contributed by atoms with Crippen molar-refractivity contribution in [2.24, 2.45) is 5.73 Å². The molecule has 2 N–H and O–H groups in total. The minimum atomic E-state index is -0.361. The number of nitrogens with two attached hydrogens (primary N) is 1. The number of aryl methyl sites for hydroxylation is 1. The SMILES string of the molecule is CCC(N)(Cc1ccc(C)cc1Cl)c1ccccc1. The van der Waals surface area contributed by atoms with Crippen molar-refractivity contribution in [2.45, 2.75) is 32.2 Å². The molecule has 100 valence electrons. The fourth-order valence-electron chi connectivity index (χ4n) is 2.34. The van der Waals surface area contributed by atoms with Gasteiger partial charge in [-0.25, -0.2) is 0 Å². The molecule has 19 heavy (non-hydrogen) atoms. The molecule has 2 heteroatoms. The van der Waals surface area contributed by atoms with E-state index in [-0.39, 0.29) is 5.54 Å². The highest BCUT2D eigenvalue weighted by molar-refractivity contribution is 6.31. The monoisotopic (exact) mass is 273 g/mol. The second-order valence-corrected chi connectivity index (χ2v) is 5.55. The van der Waals surface area contributed by atoms with Gasteiger partial charge in [-0.15, -0.1) is 0 Å². The largest absolute Gasteiger partial charge is 0.321 e. The van der Waals surface area contributed by atoms with E-state index in [1.54, 1.807) is 0 Å². The highest BCUT2D eigenvalue weighted by Crippen LogP contribution is 2.29. The highest BCUT2D eigenvalue weighted by Gasteiger charge is 2.26. The van der Waals surface area contributed by atoms with E-state index in [0.29, 0.717) is 0 Å². The zero-order chi connectivity index (χ0) is 13.9. The standard InChI is InChI=1S/C17H20ClN/c1-3-17(19,15-7-5-4-6-8-15)12-14-10-9-13(2)11-16(14)18/h4-11H,3,12,19H2,1-2H3. The molecule has 0 aliphatic rings. The Morgan fingerprint density at radius 3 is 2.37 bits per heavy atom. The lowest BCUT2D eigenvalue weighted by Gasteiger charge is -2.29. The van der Waals surface area contributed by atoms with Gasteiger partial charge in [0.1, 0.15) is 0 Å². The van der Waals surface area contributed by atoms with Crippen molar-refractivity contribution in [1.82, 2.24) is 0 Å². The van der Waals surface area contributed by atoms with E-state index in [9.17, 15) is 0 Å². The highest BCUT2D eigenvalue weighted by atomic mass is 35.5. The van der Waals surface area contributed by atoms with Crippen molar-refractivity contribution >= 4 is 11.6 Å². The molecule has 0 radical (unpaired) electrons. The van der Waals surface area contributed by atoms with E-state index in [1.165, 1.54) is 5.56 Å². The third kappa shape index (κ3) is 3.17. The number of hydrogen-bond donors (Lipinski definition) is 1. The molecule has 1 unspecified atom stereocenters. The molecule has 1 nitrogen and oxygen atoms in total. The smallest absolute Gasteiger partial charge is 0.0448 e. The third-order valence-electron chi connectivity index (χ3n) is 3.69. The zero-order valence-corrected chi connectivity index (χ0v) is 12.2. The van der Waals surface area contributed by atoms with Gasteiger partial charge in [0.2, 0.25) is 0 Å². The molecule has 2 aromatic carbocycles. The summed E-state index contributed by atoms with van der Waals surface area (Å²) in [6, 6.07) is 16.4. The predicted octanol–water partition coefficient (Wildman–Crippen LogP) is 4.46. The lowest BCUT2D eigenvalue weighted by Crippen LogP contribution is -2.38. The van der Waals surface area contributed by atoms with Crippen LogP contribution in [0.1, 0.15) is 30.0 Å². The van der Waals surface area contributed by atoms with E-state index < -0.39 is 0 Å². The van der Waals surface area contributed by atoms with Crippen LogP contribution < -0.4 is 5.73 Å². The minimum absolute atomic E-state index is 0.361. The summed E-state index contributed by atoms with van der Waals surface area (Å²) in [6.45, 7) is 4.16. The maximum Gasteiger partial charge on any atom is 0.0448 e. The summed E-state index contributed by atoms with van der Waals surface area (Å²) in [5, 5.41) is 0.805. The van der Waals surface area contributed by atoms with Gasteiger partial charge >= 0.3 is 0 Å². The summed E-state index contributed by atoms with van der Waals surface area (Å²) < 4.78 is 0. The van der Waals surface area contributed by atoms with Gasteiger partial charge in [0.05, 0.1) is 0 Å². The van der Waals surface area contributed by atoms with Crippen LogP contribution in [0.15, 0.2) is 48.5 Å². The number of benzene rings is 2. The van der Waals surface area contributed by atoms with Gasteiger partial charge in [-0.2, -0.15) is 0 Å². The summed E-state index contributed by atoms with van der Waals surface area (Å²) in [5.41, 5.74) is 9.68. The molecule has 0 aliphatic heterocycles. The summed E-state index contributed by atoms with van der Waals surface area (Å²) >= 11 is 6.32. The zero-order valence-electron chi connectivity index (χ0n) is 11.5. The fourth-order valence-corrected chi connectivity index (χ4v) is 2.64. The average Bonchev–Trinajstić information content (AvgIpc) is 2.43. The van der Waals surface area contributed by atoms with Crippen LogP contribution in [0.4, 0.5) is 0 Å². The van der Waals surface area contributed by atoms with Gasteiger partial charge in [0, 0.05) is 10.6 Å². The molecular formula is C17H20ClN. The molecule has 0 aliphatic carbocycles. The van der Waals surface area contributed by atoms with Crippen molar-refractivity contribution < 1.29 is 0 Å². The minimum Gasteiger partial charge on any atom is -0.321 e. The lowest BCUT2D eigenvalue weighted by atomic mass is 9.82. The fraction of sp³-hybridized carbons (Fsp3) is 0.294. The van der Waals surface area contributed by atoms with Crippen LogP contribution in [0.3, 0.4) is 0 Å². The van der Waals surface area contributed by atoms with E-state index in [2.05, 4.69) is 31.2 Å². The Morgan fingerprint density at radius 2 is 1.79 bits per heavy atom. The predicted molar refractivity (Wildman–Crippen MR) is 82.5 cm³/mol. The summed E-state index contributed by atoms with van der Waals surface area (Å²) in [6.07, 6.45) is 1.63. The van der Waals surface area contributed by atoms with Gasteiger partial charge in [-0.05, 0) is 42.5 Å². The van der Waals surface area contributed by atoms with Crippen molar-refractivity contribution in [3.8, 4) is 0 Å².